The number of nitrogens with zero attached hydrogens (tertiary/aromatic N) is 1. The Bertz CT molecular complexity index is 2990. The summed E-state index contributed by atoms with van der Waals surface area (Å²) in [4.78, 5) is 3.74. The summed E-state index contributed by atoms with van der Waals surface area (Å²) in [6, 6.07) is 54.4. The van der Waals surface area contributed by atoms with Crippen LogP contribution in [0.1, 0.15) is 34.4 Å². The van der Waals surface area contributed by atoms with E-state index in [9.17, 15) is 0 Å². The average Bonchev–Trinajstić information content (AvgIpc) is 3.60. The number of rotatable bonds is 4. The van der Waals surface area contributed by atoms with E-state index in [0.29, 0.717) is 5.92 Å². The molecule has 0 N–H and O–H groups in total. The fourth-order valence-electron chi connectivity index (χ4n) is 9.73. The van der Waals surface area contributed by atoms with E-state index >= 15 is 0 Å². The number of thiophene rings is 1. The van der Waals surface area contributed by atoms with Crippen molar-refractivity contribution in [3.63, 3.8) is 0 Å². The molecule has 2 heterocycles. The van der Waals surface area contributed by atoms with Crippen LogP contribution in [0, 0.1) is 5.92 Å². The van der Waals surface area contributed by atoms with E-state index in [1.54, 1.807) is 0 Å². The van der Waals surface area contributed by atoms with Crippen molar-refractivity contribution in [2.45, 2.75) is 12.8 Å². The van der Waals surface area contributed by atoms with Crippen molar-refractivity contribution in [3.05, 3.63) is 192 Å². The largest absolute Gasteiger partial charge is 0.376 e. The minimum absolute atomic E-state index is 0.234. The molecule has 8 aromatic carbocycles. The molecule has 9 aromatic rings. The van der Waals surface area contributed by atoms with Crippen LogP contribution in [0.25, 0.3) is 87.1 Å². The molecule has 1 aromatic heterocycles. The molecule has 2 atom stereocenters. The third-order valence-electron chi connectivity index (χ3n) is 12.1. The van der Waals surface area contributed by atoms with Crippen LogP contribution in [0.5, 0.6) is 0 Å². The molecule has 0 radical (unpaired) electrons. The first-order valence-electron chi connectivity index (χ1n) is 19.4. The zero-order chi connectivity index (χ0) is 36.6. The second kappa shape index (κ2) is 12.7. The summed E-state index contributed by atoms with van der Waals surface area (Å²) in [6.45, 7) is 3.30. The van der Waals surface area contributed by atoms with E-state index in [0.717, 1.165) is 6.54 Å². The number of allylic oxidation sites excluding steroid dienone is 3. The van der Waals surface area contributed by atoms with Crippen molar-refractivity contribution in [2.24, 2.45) is 5.92 Å². The summed E-state index contributed by atoms with van der Waals surface area (Å²) in [7, 11) is 2.16. The normalized spacial score (nSPS) is 16.8. The molecule has 262 valence electrons. The van der Waals surface area contributed by atoms with Crippen LogP contribution in [-0.4, -0.2) is 18.5 Å². The summed E-state index contributed by atoms with van der Waals surface area (Å²) >= 11 is 2.00. The highest BCUT2D eigenvalue weighted by Gasteiger charge is 2.32. The molecule has 0 spiro atoms. The smallest absolute Gasteiger partial charge is 0.0427 e. The summed E-state index contributed by atoms with van der Waals surface area (Å²) in [5, 5.41) is 11.9. The molecule has 0 saturated carbocycles. The molecule has 0 saturated heterocycles. The summed E-state index contributed by atoms with van der Waals surface area (Å²) in [5.41, 5.74) is 10.7. The predicted octanol–water partition coefficient (Wildman–Crippen LogP) is 14.5. The zero-order valence-corrected chi connectivity index (χ0v) is 31.8. The minimum atomic E-state index is 0.234. The van der Waals surface area contributed by atoms with E-state index < -0.39 is 0 Å². The van der Waals surface area contributed by atoms with Crippen molar-refractivity contribution in [3.8, 4) is 22.3 Å². The van der Waals surface area contributed by atoms with Crippen molar-refractivity contribution >= 4 is 76.2 Å². The predicted molar refractivity (Wildman–Crippen MR) is 239 cm³/mol. The molecule has 0 bridgehead atoms. The lowest BCUT2D eigenvalue weighted by Gasteiger charge is -2.29. The molecule has 11 rings (SSSR count). The summed E-state index contributed by atoms with van der Waals surface area (Å²) < 4.78 is 1.35. The fourth-order valence-corrected chi connectivity index (χ4v) is 11.2. The van der Waals surface area contributed by atoms with Gasteiger partial charge in [-0.1, -0.05) is 165 Å². The lowest BCUT2D eigenvalue weighted by Crippen LogP contribution is -2.16. The van der Waals surface area contributed by atoms with Gasteiger partial charge in [0.1, 0.15) is 0 Å². The Morgan fingerprint density at radius 3 is 1.67 bits per heavy atom. The Morgan fingerprint density at radius 1 is 0.545 bits per heavy atom. The van der Waals surface area contributed by atoms with E-state index in [4.69, 9.17) is 0 Å². The molecule has 1 aliphatic heterocycles. The second-order valence-electron chi connectivity index (χ2n) is 15.3. The number of fused-ring (bicyclic) bond motifs is 7. The number of likely N-dealkylation sites (N-methyl/N-ethyl adjacent to an activating group) is 1. The maximum atomic E-state index is 2.48. The fraction of sp³-hybridized carbons (Fsp3) is 0.0943. The Kier molecular flexibility index (Phi) is 7.44. The summed E-state index contributed by atoms with van der Waals surface area (Å²) in [6.07, 6.45) is 11.5. The van der Waals surface area contributed by atoms with Gasteiger partial charge in [-0.2, -0.15) is 0 Å². The number of benzene rings is 8. The van der Waals surface area contributed by atoms with Gasteiger partial charge >= 0.3 is 0 Å². The van der Waals surface area contributed by atoms with Gasteiger partial charge in [-0.3, -0.25) is 0 Å². The Morgan fingerprint density at radius 2 is 1.07 bits per heavy atom. The first-order chi connectivity index (χ1) is 27.1. The van der Waals surface area contributed by atoms with Crippen LogP contribution in [0.15, 0.2) is 170 Å². The standard InChI is InChI=1S/C53H39NS/c1-33-26-28-46-37-29-27-35(50-38-18-6-8-20-40(38)51(36-17-14-30-54(2)32-36)41-21-9-7-19-39(41)50)31-47(37)55-53(46)48(33)52-44-24-12-10-22-42(44)49(34-15-4-3-5-16-34)43-23-11-13-25-45(43)52/h3-31,33,48H,32H2,1-2H3. The average molecular weight is 722 g/mol. The molecule has 2 heteroatoms. The van der Waals surface area contributed by atoms with E-state index in [2.05, 4.69) is 195 Å². The second-order valence-corrected chi connectivity index (χ2v) is 16.4. The molecule has 2 aliphatic rings. The van der Waals surface area contributed by atoms with Gasteiger partial charge < -0.3 is 4.90 Å². The van der Waals surface area contributed by atoms with Crippen LogP contribution in [0.4, 0.5) is 0 Å². The Balaban J connectivity index is 1.14. The summed E-state index contributed by atoms with van der Waals surface area (Å²) in [5.74, 6) is 0.579. The highest BCUT2D eigenvalue weighted by atomic mass is 32.1. The molecular formula is C53H39NS. The van der Waals surface area contributed by atoms with Crippen LogP contribution >= 0.6 is 11.3 Å². The molecule has 55 heavy (non-hydrogen) atoms. The first-order valence-corrected chi connectivity index (χ1v) is 20.2. The monoisotopic (exact) mass is 721 g/mol. The first kappa shape index (κ1) is 32.2. The van der Waals surface area contributed by atoms with Crippen LogP contribution in [0.3, 0.4) is 0 Å². The van der Waals surface area contributed by atoms with Crippen molar-refractivity contribution in [2.75, 3.05) is 13.6 Å². The van der Waals surface area contributed by atoms with E-state index in [1.807, 2.05) is 11.3 Å². The van der Waals surface area contributed by atoms with Gasteiger partial charge in [0.25, 0.3) is 0 Å². The third kappa shape index (κ3) is 4.98. The lowest BCUT2D eigenvalue weighted by molar-refractivity contribution is 0.513. The van der Waals surface area contributed by atoms with Gasteiger partial charge in [-0.05, 0) is 112 Å². The molecule has 0 amide bonds. The van der Waals surface area contributed by atoms with Gasteiger partial charge in [-0.25, -0.2) is 0 Å². The topological polar surface area (TPSA) is 3.24 Å². The quantitative estimate of drug-likeness (QED) is 0.164. The van der Waals surface area contributed by atoms with Gasteiger partial charge in [0, 0.05) is 34.5 Å². The zero-order valence-electron chi connectivity index (χ0n) is 31.0. The van der Waals surface area contributed by atoms with E-state index in [-0.39, 0.29) is 5.92 Å². The molecular weight excluding hydrogens is 683 g/mol. The maximum Gasteiger partial charge on any atom is 0.0427 e. The Hall–Kier alpha value is -6.22. The van der Waals surface area contributed by atoms with Crippen molar-refractivity contribution in [1.29, 1.82) is 0 Å². The third-order valence-corrected chi connectivity index (χ3v) is 13.3. The highest BCUT2D eigenvalue weighted by Crippen LogP contribution is 2.52. The molecule has 1 nitrogen and oxygen atoms in total. The SMILES string of the molecule is CC1C=Cc2c(sc3cc(-c4c5ccccc5c(C5=CC=CN(C)C5)c5ccccc45)ccc23)C1c1c2ccccc2c(-c2ccccc2)c2ccccc12. The molecule has 0 fully saturated rings. The highest BCUT2D eigenvalue weighted by molar-refractivity contribution is 7.19. The van der Waals surface area contributed by atoms with Crippen LogP contribution in [-0.2, 0) is 0 Å². The van der Waals surface area contributed by atoms with E-state index in [1.165, 1.54) is 103 Å². The van der Waals surface area contributed by atoms with Gasteiger partial charge in [-0.15, -0.1) is 11.3 Å². The van der Waals surface area contributed by atoms with Crippen molar-refractivity contribution < 1.29 is 0 Å². The van der Waals surface area contributed by atoms with Gasteiger partial charge in [0.05, 0.1) is 0 Å². The van der Waals surface area contributed by atoms with Crippen molar-refractivity contribution in [1.82, 2.24) is 4.90 Å². The molecule has 2 unspecified atom stereocenters. The Labute approximate surface area is 325 Å². The number of hydrogen-bond donors (Lipinski definition) is 0. The van der Waals surface area contributed by atoms with Gasteiger partial charge in [0.2, 0.25) is 0 Å². The minimum Gasteiger partial charge on any atom is -0.376 e. The molecule has 1 aliphatic carbocycles. The van der Waals surface area contributed by atoms with Crippen LogP contribution < -0.4 is 0 Å². The van der Waals surface area contributed by atoms with Gasteiger partial charge in [0.15, 0.2) is 0 Å². The maximum absolute atomic E-state index is 2.48. The van der Waals surface area contributed by atoms with Crippen LogP contribution in [0.2, 0.25) is 0 Å². The number of hydrogen-bond acceptors (Lipinski definition) is 2. The lowest BCUT2D eigenvalue weighted by atomic mass is 9.75.